The first-order valence-corrected chi connectivity index (χ1v) is 21.8. The molecule has 1 fully saturated rings. The standard InChI is InChI=1S/C43H49FN6O5S2/c1-45-40(52)14-12-35(27-51)50-37-13-11-32(24-38(37)47(2)43(50)53)30-15-18-48(19-16-30)21-22-56-49-20-17-34(26-49)31-9-10-33-25-39(55-28-29-7-5-4-6-8-29)42(46-57(3)54)41(44)36(33)23-31/h4-11,13,17,23-25,27,30,35,46H,12,14-16,18-22,26,28H2,1-3H3,(H,45,52)/t35?,57-/m1/s1. The van der Waals surface area contributed by atoms with Crippen LogP contribution >= 0.6 is 11.9 Å². The van der Waals surface area contributed by atoms with E-state index in [9.17, 15) is 18.6 Å². The summed E-state index contributed by atoms with van der Waals surface area (Å²) >= 11 is 1.84. The zero-order chi connectivity index (χ0) is 40.1. The van der Waals surface area contributed by atoms with Gasteiger partial charge in [0, 0.05) is 57.5 Å². The Kier molecular flexibility index (Phi) is 12.9. The number of rotatable bonds is 16. The number of anilines is 1. The third-order valence-corrected chi connectivity index (χ3v) is 12.6. The Hall–Kier alpha value is -4.76. The number of benzene rings is 4. The molecule has 5 aromatic rings. The van der Waals surface area contributed by atoms with Crippen LogP contribution in [0.5, 0.6) is 5.75 Å². The summed E-state index contributed by atoms with van der Waals surface area (Å²) < 4.78 is 42.5. The van der Waals surface area contributed by atoms with Crippen molar-refractivity contribution < 1.29 is 22.9 Å². The third-order valence-electron chi connectivity index (χ3n) is 11.1. The first kappa shape index (κ1) is 40.4. The van der Waals surface area contributed by atoms with E-state index in [1.54, 1.807) is 24.7 Å². The highest BCUT2D eigenvalue weighted by atomic mass is 32.2. The number of amides is 1. The minimum absolute atomic E-state index is 0.0988. The number of likely N-dealkylation sites (tertiary alicyclic amines) is 1. The van der Waals surface area contributed by atoms with E-state index in [-0.39, 0.29) is 36.7 Å². The van der Waals surface area contributed by atoms with Gasteiger partial charge in [-0.05, 0) is 90.2 Å². The highest BCUT2D eigenvalue weighted by Gasteiger charge is 2.25. The van der Waals surface area contributed by atoms with Crippen LogP contribution in [-0.2, 0) is 34.2 Å². The van der Waals surface area contributed by atoms with Gasteiger partial charge >= 0.3 is 5.69 Å². The fourth-order valence-corrected chi connectivity index (χ4v) is 9.35. The van der Waals surface area contributed by atoms with Crippen molar-refractivity contribution >= 4 is 68.2 Å². The van der Waals surface area contributed by atoms with Crippen molar-refractivity contribution in [3.05, 3.63) is 112 Å². The molecular weight excluding hydrogens is 764 g/mol. The molecule has 7 rings (SSSR count). The zero-order valence-corrected chi connectivity index (χ0v) is 34.2. The summed E-state index contributed by atoms with van der Waals surface area (Å²) in [5.41, 5.74) is 5.61. The predicted octanol–water partition coefficient (Wildman–Crippen LogP) is 6.41. The number of hydrogen-bond acceptors (Lipinski definition) is 8. The number of aromatic nitrogens is 2. The van der Waals surface area contributed by atoms with Gasteiger partial charge in [-0.2, -0.15) is 0 Å². The fraction of sp³-hybridized carbons (Fsp3) is 0.372. The molecule has 1 aromatic heterocycles. The van der Waals surface area contributed by atoms with Crippen LogP contribution in [0.25, 0.3) is 27.4 Å². The highest BCUT2D eigenvalue weighted by molar-refractivity contribution is 7.97. The summed E-state index contributed by atoms with van der Waals surface area (Å²) in [6, 6.07) is 22.7. The summed E-state index contributed by atoms with van der Waals surface area (Å²) in [7, 11) is 1.80. The van der Waals surface area contributed by atoms with Gasteiger partial charge in [0.1, 0.15) is 35.3 Å². The molecule has 4 aromatic carbocycles. The Bertz CT molecular complexity index is 2370. The maximum absolute atomic E-state index is 16.1. The number of fused-ring (bicyclic) bond motifs is 2. The van der Waals surface area contributed by atoms with E-state index >= 15 is 4.39 Å². The van der Waals surface area contributed by atoms with Crippen LogP contribution in [0.4, 0.5) is 10.1 Å². The molecule has 0 saturated carbocycles. The number of hydrogen-bond donors (Lipinski definition) is 2. The number of carbonyl (C=O) groups is 2. The molecule has 0 aliphatic carbocycles. The number of imidazole rings is 1. The molecule has 0 spiro atoms. The molecule has 57 heavy (non-hydrogen) atoms. The molecule has 0 bridgehead atoms. The summed E-state index contributed by atoms with van der Waals surface area (Å²) in [6.07, 6.45) is 6.91. The van der Waals surface area contributed by atoms with Crippen molar-refractivity contribution in [2.45, 2.75) is 44.2 Å². The number of carbonyl (C=O) groups excluding carboxylic acids is 2. The van der Waals surface area contributed by atoms with Gasteiger partial charge in [0.05, 0.1) is 17.1 Å². The van der Waals surface area contributed by atoms with Crippen LogP contribution in [-0.4, -0.2) is 86.5 Å². The Morgan fingerprint density at radius 2 is 1.86 bits per heavy atom. The summed E-state index contributed by atoms with van der Waals surface area (Å²) in [4.78, 5) is 39.5. The minimum Gasteiger partial charge on any atom is -0.487 e. The van der Waals surface area contributed by atoms with Crippen molar-refractivity contribution in [2.24, 2.45) is 7.05 Å². The molecule has 1 saturated heterocycles. The van der Waals surface area contributed by atoms with Gasteiger partial charge in [-0.15, -0.1) is 0 Å². The van der Waals surface area contributed by atoms with E-state index in [0.717, 1.165) is 79.8 Å². The second-order valence-electron chi connectivity index (χ2n) is 14.7. The lowest BCUT2D eigenvalue weighted by Gasteiger charge is -2.32. The van der Waals surface area contributed by atoms with Crippen molar-refractivity contribution in [2.75, 3.05) is 56.5 Å². The van der Waals surface area contributed by atoms with E-state index < -0.39 is 22.8 Å². The monoisotopic (exact) mass is 812 g/mol. The second kappa shape index (κ2) is 18.2. The van der Waals surface area contributed by atoms with Gasteiger partial charge in [-0.1, -0.05) is 66.6 Å². The lowest BCUT2D eigenvalue weighted by atomic mass is 9.89. The van der Waals surface area contributed by atoms with Crippen LogP contribution in [0.15, 0.2) is 83.7 Å². The quantitative estimate of drug-likeness (QED) is 0.0868. The Labute approximate surface area is 339 Å². The van der Waals surface area contributed by atoms with E-state index in [2.05, 4.69) is 37.5 Å². The summed E-state index contributed by atoms with van der Waals surface area (Å²) in [5, 5.41) is 3.73. The molecule has 1 amide bonds. The molecule has 3 heterocycles. The Morgan fingerprint density at radius 1 is 1.07 bits per heavy atom. The number of piperidine rings is 1. The van der Waals surface area contributed by atoms with Gasteiger partial charge in [0.25, 0.3) is 0 Å². The molecular formula is C43H49FN6O5S2. The number of aryl methyl sites for hydroxylation is 1. The minimum atomic E-state index is -1.49. The molecule has 11 nitrogen and oxygen atoms in total. The van der Waals surface area contributed by atoms with Crippen molar-refractivity contribution in [1.29, 1.82) is 0 Å². The van der Waals surface area contributed by atoms with E-state index in [1.807, 2.05) is 66.5 Å². The molecule has 1 unspecified atom stereocenters. The average Bonchev–Trinajstić information content (AvgIpc) is 3.80. The SMILES string of the molecule is CNC(=O)CCC(C=O)n1c(=O)n(C)c2cc(C3CCN(CCSN4CC=C(c5ccc6cc(OCc7ccccc7)c(N[S@@](C)=O)c(F)c6c5)C4)CC3)ccc21. The first-order valence-electron chi connectivity index (χ1n) is 19.3. The number of ether oxygens (including phenoxy) is 1. The van der Waals surface area contributed by atoms with Crippen LogP contribution in [0.3, 0.4) is 0 Å². The van der Waals surface area contributed by atoms with Gasteiger partial charge in [0.15, 0.2) is 5.82 Å². The zero-order valence-electron chi connectivity index (χ0n) is 32.5. The molecule has 2 aliphatic rings. The smallest absolute Gasteiger partial charge is 0.329 e. The second-order valence-corrected chi connectivity index (χ2v) is 17.0. The maximum Gasteiger partial charge on any atom is 0.329 e. The molecule has 2 N–H and O–H groups in total. The van der Waals surface area contributed by atoms with E-state index in [1.165, 1.54) is 16.4 Å². The van der Waals surface area contributed by atoms with Crippen LogP contribution in [0, 0.1) is 5.82 Å². The van der Waals surface area contributed by atoms with Crippen LogP contribution in [0.2, 0.25) is 0 Å². The Morgan fingerprint density at radius 3 is 2.60 bits per heavy atom. The maximum atomic E-state index is 16.1. The molecule has 300 valence electrons. The molecule has 0 radical (unpaired) electrons. The number of nitrogens with one attached hydrogen (secondary N) is 2. The molecule has 2 aliphatic heterocycles. The van der Waals surface area contributed by atoms with Gasteiger partial charge in [0.2, 0.25) is 5.91 Å². The average molecular weight is 813 g/mol. The van der Waals surface area contributed by atoms with Gasteiger partial charge in [-0.25, -0.2) is 17.7 Å². The largest absolute Gasteiger partial charge is 0.487 e. The predicted molar refractivity (Wildman–Crippen MR) is 228 cm³/mol. The molecule has 14 heteroatoms. The fourth-order valence-electron chi connectivity index (χ4n) is 7.86. The van der Waals surface area contributed by atoms with Crippen molar-refractivity contribution in [3.8, 4) is 5.75 Å². The Balaban J connectivity index is 0.917. The summed E-state index contributed by atoms with van der Waals surface area (Å²) in [5.74, 6) is 1.02. The van der Waals surface area contributed by atoms with Crippen LogP contribution < -0.4 is 20.5 Å². The lowest BCUT2D eigenvalue weighted by Crippen LogP contribution is -2.35. The van der Waals surface area contributed by atoms with Crippen molar-refractivity contribution in [3.63, 3.8) is 0 Å². The number of nitrogens with zero attached hydrogens (tertiary/aromatic N) is 4. The lowest BCUT2D eigenvalue weighted by molar-refractivity contribution is -0.121. The van der Waals surface area contributed by atoms with Gasteiger partial charge in [-0.3, -0.25) is 18.7 Å². The number of aldehydes is 1. The highest BCUT2D eigenvalue weighted by Crippen LogP contribution is 2.38. The number of halogens is 1. The molecule has 2 atom stereocenters. The topological polar surface area (TPSA) is 118 Å². The first-order chi connectivity index (χ1) is 27.6. The third kappa shape index (κ3) is 9.19. The van der Waals surface area contributed by atoms with Crippen LogP contribution in [0.1, 0.15) is 54.3 Å². The normalized spacial score (nSPS) is 16.5. The van der Waals surface area contributed by atoms with Crippen molar-refractivity contribution in [1.82, 2.24) is 23.7 Å². The van der Waals surface area contributed by atoms with E-state index in [4.69, 9.17) is 4.74 Å². The summed E-state index contributed by atoms with van der Waals surface area (Å²) in [6.45, 7) is 4.79. The van der Waals surface area contributed by atoms with E-state index in [0.29, 0.717) is 28.0 Å². The van der Waals surface area contributed by atoms with Gasteiger partial charge < -0.3 is 19.7 Å².